The third kappa shape index (κ3) is 2.58. The fraction of sp³-hybridized carbons (Fsp3) is 0.333. The zero-order valence-electron chi connectivity index (χ0n) is 10.00. The summed E-state index contributed by atoms with van der Waals surface area (Å²) in [6.45, 7) is 0.240. The molecule has 0 bridgehead atoms. The SMILES string of the molecule is O=C(O)c1cc(C(F)(F)F)cc(Cl)c1N1CCCC1=O. The van der Waals surface area contributed by atoms with Gasteiger partial charge in [-0.1, -0.05) is 11.6 Å². The number of aromatic carboxylic acids is 1. The quantitative estimate of drug-likeness (QED) is 0.913. The van der Waals surface area contributed by atoms with E-state index < -0.39 is 28.3 Å². The summed E-state index contributed by atoms with van der Waals surface area (Å²) in [6.07, 6.45) is -3.98. The molecule has 8 heteroatoms. The smallest absolute Gasteiger partial charge is 0.416 e. The Morgan fingerprint density at radius 1 is 1.35 bits per heavy atom. The predicted molar refractivity (Wildman–Crippen MR) is 65.0 cm³/mol. The third-order valence-electron chi connectivity index (χ3n) is 2.96. The molecular formula is C12H9ClF3NO3. The normalized spacial score (nSPS) is 15.8. The average Bonchev–Trinajstić information content (AvgIpc) is 2.72. The van der Waals surface area contributed by atoms with Crippen LogP contribution in [0.25, 0.3) is 0 Å². The molecule has 0 atom stereocenters. The van der Waals surface area contributed by atoms with Crippen LogP contribution in [-0.2, 0) is 11.0 Å². The van der Waals surface area contributed by atoms with Crippen LogP contribution in [0.1, 0.15) is 28.8 Å². The minimum Gasteiger partial charge on any atom is -0.478 e. The van der Waals surface area contributed by atoms with Crippen LogP contribution in [0.15, 0.2) is 12.1 Å². The monoisotopic (exact) mass is 307 g/mol. The average molecular weight is 308 g/mol. The van der Waals surface area contributed by atoms with Crippen LogP contribution >= 0.6 is 11.6 Å². The van der Waals surface area contributed by atoms with Crippen LogP contribution in [-0.4, -0.2) is 23.5 Å². The molecule has 1 aliphatic heterocycles. The standard InChI is InChI=1S/C12H9ClF3NO3/c13-8-5-6(12(14,15)16)4-7(11(19)20)10(8)17-3-1-2-9(17)18/h4-5H,1-3H2,(H,19,20). The lowest BCUT2D eigenvalue weighted by Gasteiger charge is -2.21. The maximum atomic E-state index is 12.7. The molecule has 1 aliphatic rings. The van der Waals surface area contributed by atoms with Gasteiger partial charge in [0.1, 0.15) is 0 Å². The largest absolute Gasteiger partial charge is 0.478 e. The van der Waals surface area contributed by atoms with Gasteiger partial charge >= 0.3 is 12.1 Å². The Hall–Kier alpha value is -1.76. The van der Waals surface area contributed by atoms with Crippen LogP contribution in [0.3, 0.4) is 0 Å². The zero-order chi connectivity index (χ0) is 15.1. The van der Waals surface area contributed by atoms with E-state index in [1.165, 1.54) is 0 Å². The highest BCUT2D eigenvalue weighted by atomic mass is 35.5. The van der Waals surface area contributed by atoms with E-state index >= 15 is 0 Å². The molecule has 1 saturated heterocycles. The molecule has 0 unspecified atom stereocenters. The van der Waals surface area contributed by atoms with Crippen LogP contribution in [0.2, 0.25) is 5.02 Å². The fourth-order valence-electron chi connectivity index (χ4n) is 2.08. The second-order valence-corrected chi connectivity index (χ2v) is 4.71. The van der Waals surface area contributed by atoms with Crippen LogP contribution < -0.4 is 4.90 Å². The van der Waals surface area contributed by atoms with Crippen LogP contribution in [0.5, 0.6) is 0 Å². The van der Waals surface area contributed by atoms with Crippen molar-refractivity contribution in [3.05, 3.63) is 28.3 Å². The molecule has 0 spiro atoms. The van der Waals surface area contributed by atoms with Crippen molar-refractivity contribution in [3.63, 3.8) is 0 Å². The maximum Gasteiger partial charge on any atom is 0.416 e. The van der Waals surface area contributed by atoms with E-state index in [0.717, 1.165) is 4.90 Å². The molecule has 0 radical (unpaired) electrons. The van der Waals surface area contributed by atoms with Crippen molar-refractivity contribution in [2.75, 3.05) is 11.4 Å². The number of alkyl halides is 3. The fourth-order valence-corrected chi connectivity index (χ4v) is 2.41. The zero-order valence-corrected chi connectivity index (χ0v) is 10.8. The molecule has 1 N–H and O–H groups in total. The molecule has 2 rings (SSSR count). The molecule has 1 fully saturated rings. The first-order valence-corrected chi connectivity index (χ1v) is 6.04. The van der Waals surface area contributed by atoms with Gasteiger partial charge < -0.3 is 10.0 Å². The Labute approximate surface area is 116 Å². The molecule has 1 aromatic rings. The lowest BCUT2D eigenvalue weighted by atomic mass is 10.1. The van der Waals surface area contributed by atoms with Crippen molar-refractivity contribution < 1.29 is 27.9 Å². The minimum absolute atomic E-state index is 0.172. The van der Waals surface area contributed by atoms with Crippen molar-refractivity contribution in [2.45, 2.75) is 19.0 Å². The first-order valence-electron chi connectivity index (χ1n) is 5.66. The number of halogens is 4. The molecule has 0 saturated carbocycles. The molecule has 20 heavy (non-hydrogen) atoms. The Morgan fingerprint density at radius 3 is 2.45 bits per heavy atom. The lowest BCUT2D eigenvalue weighted by molar-refractivity contribution is -0.137. The van der Waals surface area contributed by atoms with Crippen molar-refractivity contribution in [3.8, 4) is 0 Å². The number of carbonyl (C=O) groups is 2. The van der Waals surface area contributed by atoms with Gasteiger partial charge in [-0.25, -0.2) is 4.79 Å². The molecule has 0 aliphatic carbocycles. The Kier molecular flexibility index (Phi) is 3.64. The van der Waals surface area contributed by atoms with E-state index in [2.05, 4.69) is 0 Å². The first-order chi connectivity index (χ1) is 9.21. The van der Waals surface area contributed by atoms with Gasteiger partial charge in [0.2, 0.25) is 5.91 Å². The van der Waals surface area contributed by atoms with E-state index in [1.807, 2.05) is 0 Å². The van der Waals surface area contributed by atoms with Crippen LogP contribution in [0.4, 0.5) is 18.9 Å². The summed E-state index contributed by atoms with van der Waals surface area (Å²) in [5.74, 6) is -1.91. The second kappa shape index (κ2) is 4.97. The Bertz CT molecular complexity index is 586. The Balaban J connectivity index is 2.62. The summed E-state index contributed by atoms with van der Waals surface area (Å²) in [7, 11) is 0. The number of rotatable bonds is 2. The van der Waals surface area contributed by atoms with Gasteiger partial charge in [0, 0.05) is 13.0 Å². The maximum absolute atomic E-state index is 12.7. The van der Waals surface area contributed by atoms with Gasteiger partial charge in [0.15, 0.2) is 0 Å². The molecule has 108 valence electrons. The summed E-state index contributed by atoms with van der Waals surface area (Å²) in [5.41, 5.74) is -1.95. The summed E-state index contributed by atoms with van der Waals surface area (Å²) >= 11 is 5.77. The van der Waals surface area contributed by atoms with Crippen molar-refractivity contribution >= 4 is 29.2 Å². The molecule has 1 amide bonds. The number of nitrogens with zero attached hydrogens (tertiary/aromatic N) is 1. The van der Waals surface area contributed by atoms with Gasteiger partial charge in [-0.15, -0.1) is 0 Å². The summed E-state index contributed by atoms with van der Waals surface area (Å²) in [4.78, 5) is 23.9. The second-order valence-electron chi connectivity index (χ2n) is 4.31. The van der Waals surface area contributed by atoms with Gasteiger partial charge in [-0.05, 0) is 18.6 Å². The minimum atomic E-state index is -4.71. The number of anilines is 1. The van der Waals surface area contributed by atoms with E-state index in [4.69, 9.17) is 16.7 Å². The van der Waals surface area contributed by atoms with Gasteiger partial charge in [-0.2, -0.15) is 13.2 Å². The summed E-state index contributed by atoms with van der Waals surface area (Å²) in [6, 6.07) is 1.13. The number of hydrogen-bond acceptors (Lipinski definition) is 2. The van der Waals surface area contributed by atoms with Crippen LogP contribution in [0, 0.1) is 0 Å². The topological polar surface area (TPSA) is 57.6 Å². The van der Waals surface area contributed by atoms with E-state index in [9.17, 15) is 22.8 Å². The number of carbonyl (C=O) groups excluding carboxylic acids is 1. The molecule has 4 nitrogen and oxygen atoms in total. The highest BCUT2D eigenvalue weighted by Gasteiger charge is 2.35. The van der Waals surface area contributed by atoms with E-state index in [-0.39, 0.29) is 24.6 Å². The molecular weight excluding hydrogens is 299 g/mol. The number of carboxylic acids is 1. The molecule has 0 aromatic heterocycles. The van der Waals surface area contributed by atoms with Crippen molar-refractivity contribution in [1.29, 1.82) is 0 Å². The predicted octanol–water partition coefficient (Wildman–Crippen LogP) is 3.18. The van der Waals surface area contributed by atoms with Gasteiger partial charge in [0.25, 0.3) is 0 Å². The summed E-state index contributed by atoms with van der Waals surface area (Å²) in [5, 5.41) is 8.67. The number of benzene rings is 1. The lowest BCUT2D eigenvalue weighted by Crippen LogP contribution is -2.26. The van der Waals surface area contributed by atoms with Crippen molar-refractivity contribution in [1.82, 2.24) is 0 Å². The van der Waals surface area contributed by atoms with Gasteiger partial charge in [0.05, 0.1) is 21.8 Å². The number of hydrogen-bond donors (Lipinski definition) is 1. The third-order valence-corrected chi connectivity index (χ3v) is 3.25. The van der Waals surface area contributed by atoms with E-state index in [0.29, 0.717) is 18.6 Å². The summed E-state index contributed by atoms with van der Waals surface area (Å²) < 4.78 is 38.0. The van der Waals surface area contributed by atoms with Crippen molar-refractivity contribution in [2.24, 2.45) is 0 Å². The highest BCUT2D eigenvalue weighted by Crippen LogP contribution is 2.39. The Morgan fingerprint density at radius 2 is 2.00 bits per heavy atom. The molecule has 1 aromatic carbocycles. The van der Waals surface area contributed by atoms with Gasteiger partial charge in [-0.3, -0.25) is 4.79 Å². The highest BCUT2D eigenvalue weighted by molar-refractivity contribution is 6.35. The number of amides is 1. The first kappa shape index (κ1) is 14.6. The number of carboxylic acid groups (broad SMARTS) is 1. The van der Waals surface area contributed by atoms with E-state index in [1.54, 1.807) is 0 Å². The molecule has 1 heterocycles.